The summed E-state index contributed by atoms with van der Waals surface area (Å²) in [4.78, 5) is 12.2. The van der Waals surface area contributed by atoms with Crippen molar-refractivity contribution in [3.05, 3.63) is 53.0 Å². The molecule has 0 bridgehead atoms. The Bertz CT molecular complexity index is 629. The highest BCUT2D eigenvalue weighted by molar-refractivity contribution is 6.05. The lowest BCUT2D eigenvalue weighted by atomic mass is 10.1. The molecule has 0 aliphatic heterocycles. The zero-order valence-corrected chi connectivity index (χ0v) is 13.0. The van der Waals surface area contributed by atoms with E-state index in [0.717, 1.165) is 23.6 Å². The first-order valence-electron chi connectivity index (χ1n) is 7.16. The van der Waals surface area contributed by atoms with Crippen molar-refractivity contribution in [2.75, 3.05) is 5.32 Å². The van der Waals surface area contributed by atoms with Crippen LogP contribution < -0.4 is 10.6 Å². The van der Waals surface area contributed by atoms with Gasteiger partial charge in [-0.05, 0) is 37.6 Å². The Hall–Kier alpha value is -2.07. The van der Waals surface area contributed by atoms with Crippen molar-refractivity contribution in [3.8, 4) is 0 Å². The van der Waals surface area contributed by atoms with Gasteiger partial charge in [0.1, 0.15) is 11.5 Å². The summed E-state index contributed by atoms with van der Waals surface area (Å²) in [6.45, 7) is 8.63. The van der Waals surface area contributed by atoms with Crippen molar-refractivity contribution in [2.24, 2.45) is 0 Å². The molecule has 2 N–H and O–H groups in total. The minimum absolute atomic E-state index is 0.140. The molecule has 0 unspecified atom stereocenters. The summed E-state index contributed by atoms with van der Waals surface area (Å²) >= 11 is 0. The lowest BCUT2D eigenvalue weighted by molar-refractivity contribution is 0.102. The van der Waals surface area contributed by atoms with Gasteiger partial charge in [0.05, 0.1) is 5.56 Å². The van der Waals surface area contributed by atoms with Crippen LogP contribution in [0.5, 0.6) is 0 Å². The van der Waals surface area contributed by atoms with E-state index < -0.39 is 0 Å². The van der Waals surface area contributed by atoms with E-state index >= 15 is 0 Å². The Balaban J connectivity index is 2.07. The first-order chi connectivity index (χ1) is 9.95. The van der Waals surface area contributed by atoms with E-state index in [1.165, 1.54) is 0 Å². The number of benzene rings is 1. The van der Waals surface area contributed by atoms with Crippen molar-refractivity contribution >= 4 is 11.6 Å². The van der Waals surface area contributed by atoms with E-state index in [4.69, 9.17) is 4.42 Å². The van der Waals surface area contributed by atoms with E-state index in [9.17, 15) is 4.79 Å². The monoisotopic (exact) mass is 286 g/mol. The number of carbonyl (C=O) groups excluding carboxylic acids is 1. The second kappa shape index (κ2) is 6.59. The number of aryl methyl sites for hydroxylation is 2. The van der Waals surface area contributed by atoms with Crippen molar-refractivity contribution < 1.29 is 9.21 Å². The summed E-state index contributed by atoms with van der Waals surface area (Å²) in [7, 11) is 0. The van der Waals surface area contributed by atoms with Crippen molar-refractivity contribution in [1.82, 2.24) is 5.32 Å². The molecule has 0 radical (unpaired) electrons. The van der Waals surface area contributed by atoms with Crippen molar-refractivity contribution in [3.63, 3.8) is 0 Å². The Morgan fingerprint density at radius 2 is 2.00 bits per heavy atom. The van der Waals surface area contributed by atoms with Crippen molar-refractivity contribution in [1.29, 1.82) is 0 Å². The van der Waals surface area contributed by atoms with Crippen LogP contribution in [0.15, 0.2) is 34.7 Å². The zero-order valence-electron chi connectivity index (χ0n) is 13.0. The van der Waals surface area contributed by atoms with Gasteiger partial charge in [-0.1, -0.05) is 26.0 Å². The van der Waals surface area contributed by atoms with Gasteiger partial charge in [0.2, 0.25) is 0 Å². The molecule has 0 saturated carbocycles. The summed E-state index contributed by atoms with van der Waals surface area (Å²) in [5.74, 6) is 1.24. The molecule has 2 aromatic rings. The van der Waals surface area contributed by atoms with Crippen LogP contribution in [0.25, 0.3) is 0 Å². The summed E-state index contributed by atoms with van der Waals surface area (Å²) in [6, 6.07) is 10.0. The molecule has 21 heavy (non-hydrogen) atoms. The van der Waals surface area contributed by atoms with Crippen LogP contribution in [0.1, 0.15) is 41.3 Å². The maximum absolute atomic E-state index is 12.2. The molecule has 0 fully saturated rings. The third kappa shape index (κ3) is 4.20. The number of nitrogens with one attached hydrogen (secondary N) is 2. The average molecular weight is 286 g/mol. The molecule has 4 nitrogen and oxygen atoms in total. The van der Waals surface area contributed by atoms with Crippen LogP contribution in [0.2, 0.25) is 0 Å². The SMILES string of the molecule is Cc1cc(C(=O)Nc2cccc(CNC(C)C)c2)c(C)o1. The lowest BCUT2D eigenvalue weighted by Crippen LogP contribution is -2.21. The topological polar surface area (TPSA) is 54.3 Å². The van der Waals surface area contributed by atoms with Crippen LogP contribution >= 0.6 is 0 Å². The fourth-order valence-corrected chi connectivity index (χ4v) is 2.14. The molecule has 2 rings (SSSR count). The van der Waals surface area contributed by atoms with E-state index in [-0.39, 0.29) is 5.91 Å². The largest absolute Gasteiger partial charge is 0.466 e. The van der Waals surface area contributed by atoms with E-state index in [2.05, 4.69) is 24.5 Å². The van der Waals surface area contributed by atoms with Gasteiger partial charge >= 0.3 is 0 Å². The van der Waals surface area contributed by atoms with Gasteiger partial charge in [0.25, 0.3) is 5.91 Å². The molecule has 1 amide bonds. The highest BCUT2D eigenvalue weighted by atomic mass is 16.3. The van der Waals surface area contributed by atoms with Gasteiger partial charge < -0.3 is 15.1 Å². The van der Waals surface area contributed by atoms with Crippen LogP contribution in [0.3, 0.4) is 0 Å². The molecule has 0 saturated heterocycles. The van der Waals surface area contributed by atoms with Crippen LogP contribution in [-0.4, -0.2) is 11.9 Å². The fraction of sp³-hybridized carbons (Fsp3) is 0.353. The standard InChI is InChI=1S/C17H22N2O2/c1-11(2)18-10-14-6-5-7-15(9-14)19-17(20)16-8-12(3)21-13(16)4/h5-9,11,18H,10H2,1-4H3,(H,19,20). The molecular weight excluding hydrogens is 264 g/mol. The van der Waals surface area contributed by atoms with Crippen LogP contribution in [0, 0.1) is 13.8 Å². The maximum atomic E-state index is 12.2. The lowest BCUT2D eigenvalue weighted by Gasteiger charge is -2.10. The fourth-order valence-electron chi connectivity index (χ4n) is 2.14. The molecular formula is C17H22N2O2. The predicted octanol–water partition coefficient (Wildman–Crippen LogP) is 3.65. The summed E-state index contributed by atoms with van der Waals surface area (Å²) in [5, 5.41) is 6.27. The molecule has 1 heterocycles. The van der Waals surface area contributed by atoms with Crippen molar-refractivity contribution in [2.45, 2.75) is 40.3 Å². The Labute approximate surface area is 125 Å². The summed E-state index contributed by atoms with van der Waals surface area (Å²) < 4.78 is 5.39. The number of anilines is 1. The number of carbonyl (C=O) groups is 1. The first-order valence-corrected chi connectivity index (χ1v) is 7.16. The molecule has 4 heteroatoms. The molecule has 0 aliphatic rings. The van der Waals surface area contributed by atoms with E-state index in [1.807, 2.05) is 31.2 Å². The molecule has 0 atom stereocenters. The molecule has 1 aromatic carbocycles. The van der Waals surface area contributed by atoms with Gasteiger partial charge in [-0.25, -0.2) is 0 Å². The third-order valence-electron chi connectivity index (χ3n) is 3.18. The smallest absolute Gasteiger partial charge is 0.259 e. The maximum Gasteiger partial charge on any atom is 0.259 e. The summed E-state index contributed by atoms with van der Waals surface area (Å²) in [6.07, 6.45) is 0. The van der Waals surface area contributed by atoms with Gasteiger partial charge in [0.15, 0.2) is 0 Å². The second-order valence-electron chi connectivity index (χ2n) is 5.52. The Kier molecular flexibility index (Phi) is 4.81. The molecule has 1 aromatic heterocycles. The van der Waals surface area contributed by atoms with Gasteiger partial charge in [0, 0.05) is 18.3 Å². The predicted molar refractivity (Wildman–Crippen MR) is 84.6 cm³/mol. The highest BCUT2D eigenvalue weighted by Gasteiger charge is 2.13. The van der Waals surface area contributed by atoms with Gasteiger partial charge in [-0.2, -0.15) is 0 Å². The van der Waals surface area contributed by atoms with Gasteiger partial charge in [-0.3, -0.25) is 4.79 Å². The Morgan fingerprint density at radius 1 is 1.24 bits per heavy atom. The van der Waals surface area contributed by atoms with Gasteiger partial charge in [-0.15, -0.1) is 0 Å². The number of amides is 1. The number of rotatable bonds is 5. The third-order valence-corrected chi connectivity index (χ3v) is 3.18. The first kappa shape index (κ1) is 15.3. The van der Waals surface area contributed by atoms with E-state index in [0.29, 0.717) is 17.4 Å². The summed E-state index contributed by atoms with van der Waals surface area (Å²) in [5.41, 5.74) is 2.51. The zero-order chi connectivity index (χ0) is 15.4. The average Bonchev–Trinajstić information content (AvgIpc) is 2.76. The molecule has 0 aliphatic carbocycles. The van der Waals surface area contributed by atoms with Crippen LogP contribution in [0.4, 0.5) is 5.69 Å². The quantitative estimate of drug-likeness (QED) is 0.882. The second-order valence-corrected chi connectivity index (χ2v) is 5.52. The molecule has 0 spiro atoms. The minimum atomic E-state index is -0.140. The Morgan fingerprint density at radius 3 is 2.62 bits per heavy atom. The number of hydrogen-bond donors (Lipinski definition) is 2. The van der Waals surface area contributed by atoms with E-state index in [1.54, 1.807) is 13.0 Å². The number of furan rings is 1. The highest BCUT2D eigenvalue weighted by Crippen LogP contribution is 2.17. The number of hydrogen-bond acceptors (Lipinski definition) is 3. The minimum Gasteiger partial charge on any atom is -0.466 e. The molecule has 112 valence electrons. The van der Waals surface area contributed by atoms with Crippen LogP contribution in [-0.2, 0) is 6.54 Å². The normalized spacial score (nSPS) is 10.9.